The highest BCUT2D eigenvalue weighted by Crippen LogP contribution is 2.10. The van der Waals surface area contributed by atoms with E-state index in [4.69, 9.17) is 4.74 Å². The van der Waals surface area contributed by atoms with Gasteiger partial charge in [-0.05, 0) is 17.5 Å². The Morgan fingerprint density at radius 2 is 1.57 bits per heavy atom. The van der Waals surface area contributed by atoms with Gasteiger partial charge in [-0.2, -0.15) is 0 Å². The van der Waals surface area contributed by atoms with Gasteiger partial charge in [-0.1, -0.05) is 72.5 Å². The standard InChI is InChI=1S/C20H22O3/c21-19(14-15-23-16-17-8-3-1-4-9-17)12-7-13-20(22)18-10-5-2-6-11-18/h1-6,8-11,19-22H,12,14-16H2/t19-,20-/m1/s1. The Morgan fingerprint density at radius 3 is 2.26 bits per heavy atom. The van der Waals surface area contributed by atoms with Crippen molar-refractivity contribution in [1.29, 1.82) is 0 Å². The summed E-state index contributed by atoms with van der Waals surface area (Å²) in [7, 11) is 0. The number of aliphatic hydroxyl groups is 2. The van der Waals surface area contributed by atoms with Gasteiger partial charge in [0.15, 0.2) is 0 Å². The summed E-state index contributed by atoms with van der Waals surface area (Å²) in [6.07, 6.45) is -0.486. The van der Waals surface area contributed by atoms with E-state index in [2.05, 4.69) is 11.8 Å². The lowest BCUT2D eigenvalue weighted by Crippen LogP contribution is -2.09. The van der Waals surface area contributed by atoms with Crippen molar-refractivity contribution in [3.05, 3.63) is 71.8 Å². The Bertz CT molecular complexity index is 614. The van der Waals surface area contributed by atoms with Crippen LogP contribution in [-0.2, 0) is 11.3 Å². The molecule has 0 aliphatic heterocycles. The first kappa shape index (κ1) is 17.2. The van der Waals surface area contributed by atoms with Gasteiger partial charge in [-0.25, -0.2) is 0 Å². The first-order valence-corrected chi connectivity index (χ1v) is 7.77. The Morgan fingerprint density at radius 1 is 0.913 bits per heavy atom. The summed E-state index contributed by atoms with van der Waals surface area (Å²) in [5, 5.41) is 19.8. The predicted molar refractivity (Wildman–Crippen MR) is 90.5 cm³/mol. The summed E-state index contributed by atoms with van der Waals surface area (Å²) < 4.78 is 5.53. The minimum Gasteiger partial charge on any atom is -0.392 e. The molecule has 0 saturated carbocycles. The van der Waals surface area contributed by atoms with Crippen LogP contribution in [0.5, 0.6) is 0 Å². The summed E-state index contributed by atoms with van der Waals surface area (Å²) in [6, 6.07) is 19.2. The van der Waals surface area contributed by atoms with Crippen LogP contribution in [0.2, 0.25) is 0 Å². The average molecular weight is 310 g/mol. The van der Waals surface area contributed by atoms with Crippen molar-refractivity contribution in [2.45, 2.75) is 31.7 Å². The molecule has 0 radical (unpaired) electrons. The van der Waals surface area contributed by atoms with Crippen LogP contribution in [0, 0.1) is 11.8 Å². The average Bonchev–Trinajstić information content (AvgIpc) is 2.60. The van der Waals surface area contributed by atoms with Gasteiger partial charge < -0.3 is 14.9 Å². The molecule has 2 N–H and O–H groups in total. The quantitative estimate of drug-likeness (QED) is 0.610. The van der Waals surface area contributed by atoms with Gasteiger partial charge in [0.1, 0.15) is 6.10 Å². The second kappa shape index (κ2) is 9.81. The number of hydrogen-bond acceptors (Lipinski definition) is 3. The zero-order chi connectivity index (χ0) is 16.3. The molecule has 0 spiro atoms. The van der Waals surface area contributed by atoms with E-state index < -0.39 is 12.2 Å². The molecule has 3 heteroatoms. The first-order valence-electron chi connectivity index (χ1n) is 7.77. The van der Waals surface area contributed by atoms with Crippen molar-refractivity contribution < 1.29 is 14.9 Å². The highest BCUT2D eigenvalue weighted by Gasteiger charge is 2.04. The minimum atomic E-state index is -0.808. The molecule has 0 amide bonds. The summed E-state index contributed by atoms with van der Waals surface area (Å²) in [6.45, 7) is 1.03. The van der Waals surface area contributed by atoms with E-state index in [1.165, 1.54) is 0 Å². The van der Waals surface area contributed by atoms with Gasteiger partial charge in [-0.3, -0.25) is 0 Å². The van der Waals surface area contributed by atoms with E-state index in [-0.39, 0.29) is 0 Å². The van der Waals surface area contributed by atoms with E-state index in [1.54, 1.807) is 0 Å². The van der Waals surface area contributed by atoms with E-state index in [0.717, 1.165) is 11.1 Å². The highest BCUT2D eigenvalue weighted by molar-refractivity contribution is 5.24. The third-order valence-electron chi connectivity index (χ3n) is 3.40. The molecule has 2 rings (SSSR count). The van der Waals surface area contributed by atoms with Crippen LogP contribution in [0.15, 0.2) is 60.7 Å². The number of rotatable bonds is 7. The summed E-state index contributed by atoms with van der Waals surface area (Å²) in [4.78, 5) is 0. The van der Waals surface area contributed by atoms with Crippen LogP contribution in [0.25, 0.3) is 0 Å². The van der Waals surface area contributed by atoms with E-state index in [1.807, 2.05) is 60.7 Å². The maximum Gasteiger partial charge on any atom is 0.140 e. The van der Waals surface area contributed by atoms with Crippen LogP contribution in [0.3, 0.4) is 0 Å². The third kappa shape index (κ3) is 6.66. The topological polar surface area (TPSA) is 49.7 Å². The molecule has 23 heavy (non-hydrogen) atoms. The normalized spacial score (nSPS) is 13.0. The molecule has 2 aromatic rings. The van der Waals surface area contributed by atoms with Crippen LogP contribution in [0.1, 0.15) is 30.1 Å². The van der Waals surface area contributed by atoms with Crippen LogP contribution in [-0.4, -0.2) is 22.9 Å². The molecular weight excluding hydrogens is 288 g/mol. The van der Waals surface area contributed by atoms with Crippen molar-refractivity contribution in [2.75, 3.05) is 6.61 Å². The predicted octanol–water partition coefficient (Wildman–Crippen LogP) is 3.08. The monoisotopic (exact) mass is 310 g/mol. The zero-order valence-corrected chi connectivity index (χ0v) is 13.1. The molecule has 0 aliphatic rings. The Labute approximate surface area is 137 Å². The molecule has 120 valence electrons. The fourth-order valence-corrected chi connectivity index (χ4v) is 2.08. The molecule has 3 nitrogen and oxygen atoms in total. The molecule has 0 unspecified atom stereocenters. The molecule has 0 heterocycles. The molecular formula is C20H22O3. The smallest absolute Gasteiger partial charge is 0.140 e. The van der Waals surface area contributed by atoms with E-state index in [0.29, 0.717) is 26.1 Å². The molecule has 0 aromatic heterocycles. The van der Waals surface area contributed by atoms with Crippen molar-refractivity contribution in [1.82, 2.24) is 0 Å². The number of ether oxygens (including phenoxy) is 1. The van der Waals surface area contributed by atoms with Crippen LogP contribution < -0.4 is 0 Å². The Balaban J connectivity index is 1.64. The summed E-state index contributed by atoms with van der Waals surface area (Å²) in [5.74, 6) is 5.59. The van der Waals surface area contributed by atoms with Gasteiger partial charge in [0.2, 0.25) is 0 Å². The second-order valence-corrected chi connectivity index (χ2v) is 5.32. The SMILES string of the molecule is O[C@H](CC#C[C@@H](O)c1ccccc1)CCOCc1ccccc1. The van der Waals surface area contributed by atoms with E-state index >= 15 is 0 Å². The molecule has 2 aromatic carbocycles. The van der Waals surface area contributed by atoms with E-state index in [9.17, 15) is 10.2 Å². The largest absolute Gasteiger partial charge is 0.392 e. The van der Waals surface area contributed by atoms with Crippen molar-refractivity contribution in [3.63, 3.8) is 0 Å². The van der Waals surface area contributed by atoms with Gasteiger partial charge in [-0.15, -0.1) is 0 Å². The fourth-order valence-electron chi connectivity index (χ4n) is 2.08. The second-order valence-electron chi connectivity index (χ2n) is 5.32. The van der Waals surface area contributed by atoms with Crippen molar-refractivity contribution in [2.24, 2.45) is 0 Å². The maximum absolute atomic E-state index is 9.89. The van der Waals surface area contributed by atoms with Crippen molar-refractivity contribution >= 4 is 0 Å². The lowest BCUT2D eigenvalue weighted by atomic mass is 10.1. The Kier molecular flexibility index (Phi) is 7.35. The maximum atomic E-state index is 9.89. The zero-order valence-electron chi connectivity index (χ0n) is 13.1. The van der Waals surface area contributed by atoms with Gasteiger partial charge >= 0.3 is 0 Å². The number of benzene rings is 2. The van der Waals surface area contributed by atoms with Gasteiger partial charge in [0.05, 0.1) is 12.7 Å². The molecule has 0 bridgehead atoms. The fraction of sp³-hybridized carbons (Fsp3) is 0.300. The molecule has 0 saturated heterocycles. The van der Waals surface area contributed by atoms with Gasteiger partial charge in [0, 0.05) is 13.0 Å². The summed E-state index contributed by atoms with van der Waals surface area (Å²) >= 11 is 0. The molecule has 0 fully saturated rings. The Hall–Kier alpha value is -2.12. The lowest BCUT2D eigenvalue weighted by molar-refractivity contribution is 0.0753. The molecule has 0 aliphatic carbocycles. The van der Waals surface area contributed by atoms with Crippen LogP contribution in [0.4, 0.5) is 0 Å². The minimum absolute atomic E-state index is 0.332. The first-order chi connectivity index (χ1) is 11.3. The number of hydrogen-bond donors (Lipinski definition) is 2. The molecule has 2 atom stereocenters. The lowest BCUT2D eigenvalue weighted by Gasteiger charge is -2.08. The van der Waals surface area contributed by atoms with Crippen molar-refractivity contribution in [3.8, 4) is 11.8 Å². The highest BCUT2D eigenvalue weighted by atomic mass is 16.5. The third-order valence-corrected chi connectivity index (χ3v) is 3.40. The van der Waals surface area contributed by atoms with Gasteiger partial charge in [0.25, 0.3) is 0 Å². The number of aliphatic hydroxyl groups excluding tert-OH is 2. The van der Waals surface area contributed by atoms with Crippen LogP contribution >= 0.6 is 0 Å². The summed E-state index contributed by atoms with van der Waals surface area (Å²) in [5.41, 5.74) is 1.88.